The van der Waals surface area contributed by atoms with Gasteiger partial charge in [-0.25, -0.2) is 13.1 Å². The Morgan fingerprint density at radius 1 is 1.07 bits per heavy atom. The summed E-state index contributed by atoms with van der Waals surface area (Å²) in [5.74, 6) is 0.390. The molecule has 1 fully saturated rings. The average Bonchev–Trinajstić information content (AvgIpc) is 3.35. The number of hydrogen-bond acceptors (Lipinski definition) is 4. The quantitative estimate of drug-likeness (QED) is 0.537. The molecule has 3 aromatic rings. The van der Waals surface area contributed by atoms with Gasteiger partial charge >= 0.3 is 0 Å². The molecule has 0 radical (unpaired) electrons. The summed E-state index contributed by atoms with van der Waals surface area (Å²) in [6.07, 6.45) is 3.02. The zero-order valence-corrected chi connectivity index (χ0v) is 17.8. The topological polar surface area (TPSA) is 88.4 Å². The maximum Gasteiger partial charge on any atom is 0.241 e. The van der Waals surface area contributed by atoms with Crippen molar-refractivity contribution < 1.29 is 17.6 Å². The van der Waals surface area contributed by atoms with Crippen molar-refractivity contribution in [1.82, 2.24) is 4.72 Å². The molecule has 1 aromatic heterocycles. The van der Waals surface area contributed by atoms with E-state index in [1.165, 1.54) is 18.4 Å². The third-order valence-electron chi connectivity index (χ3n) is 5.00. The number of furan rings is 1. The van der Waals surface area contributed by atoms with Crippen LogP contribution < -0.4 is 10.0 Å². The van der Waals surface area contributed by atoms with Crippen LogP contribution in [0.5, 0.6) is 0 Å². The minimum Gasteiger partial charge on any atom is -0.468 e. The molecule has 0 bridgehead atoms. The van der Waals surface area contributed by atoms with Gasteiger partial charge < -0.3 is 9.73 Å². The highest BCUT2D eigenvalue weighted by Crippen LogP contribution is 2.49. The number of sulfonamides is 1. The SMILES string of the molecule is O=C(Nc1cccc(S(=O)(=O)NCc2ccco2)c1)C1(c2ccc(Br)cc2)CC1. The van der Waals surface area contributed by atoms with Gasteiger partial charge in [0.05, 0.1) is 23.1 Å². The van der Waals surface area contributed by atoms with Crippen LogP contribution in [0.1, 0.15) is 24.2 Å². The number of anilines is 1. The first kappa shape index (κ1) is 19.9. The number of benzene rings is 2. The lowest BCUT2D eigenvalue weighted by atomic mass is 9.95. The van der Waals surface area contributed by atoms with Crippen molar-refractivity contribution in [2.24, 2.45) is 0 Å². The van der Waals surface area contributed by atoms with E-state index in [4.69, 9.17) is 4.42 Å². The van der Waals surface area contributed by atoms with Gasteiger partial charge in [-0.15, -0.1) is 0 Å². The highest BCUT2D eigenvalue weighted by atomic mass is 79.9. The third kappa shape index (κ3) is 4.29. The molecule has 150 valence electrons. The lowest BCUT2D eigenvalue weighted by Gasteiger charge is -2.16. The van der Waals surface area contributed by atoms with Crippen LogP contribution in [0.25, 0.3) is 0 Å². The summed E-state index contributed by atoms with van der Waals surface area (Å²) in [6.45, 7) is 0.0542. The lowest BCUT2D eigenvalue weighted by Crippen LogP contribution is -2.28. The van der Waals surface area contributed by atoms with Crippen molar-refractivity contribution in [2.75, 3.05) is 5.32 Å². The summed E-state index contributed by atoms with van der Waals surface area (Å²) in [4.78, 5) is 13.0. The van der Waals surface area contributed by atoms with E-state index in [2.05, 4.69) is 26.0 Å². The van der Waals surface area contributed by atoms with E-state index in [0.717, 1.165) is 22.9 Å². The predicted octanol–water partition coefficient (Wildman–Crippen LogP) is 4.19. The van der Waals surface area contributed by atoms with Crippen LogP contribution in [0.4, 0.5) is 5.69 Å². The Kier molecular flexibility index (Phi) is 5.33. The molecule has 29 heavy (non-hydrogen) atoms. The van der Waals surface area contributed by atoms with Crippen LogP contribution in [0.15, 0.2) is 80.7 Å². The van der Waals surface area contributed by atoms with E-state index in [9.17, 15) is 13.2 Å². The van der Waals surface area contributed by atoms with E-state index in [1.54, 1.807) is 24.3 Å². The smallest absolute Gasteiger partial charge is 0.241 e. The van der Waals surface area contributed by atoms with Crippen molar-refractivity contribution in [3.05, 3.63) is 82.7 Å². The van der Waals surface area contributed by atoms with E-state index < -0.39 is 15.4 Å². The van der Waals surface area contributed by atoms with E-state index in [-0.39, 0.29) is 17.3 Å². The van der Waals surface area contributed by atoms with Gasteiger partial charge in [-0.1, -0.05) is 34.1 Å². The fraction of sp³-hybridized carbons (Fsp3) is 0.190. The van der Waals surface area contributed by atoms with Gasteiger partial charge in [0, 0.05) is 10.2 Å². The summed E-state index contributed by atoms with van der Waals surface area (Å²) < 4.78 is 33.7. The van der Waals surface area contributed by atoms with Gasteiger partial charge in [0.15, 0.2) is 0 Å². The second-order valence-corrected chi connectivity index (χ2v) is 9.66. The molecule has 2 N–H and O–H groups in total. The Morgan fingerprint density at radius 2 is 1.83 bits per heavy atom. The molecule has 0 aliphatic heterocycles. The number of amides is 1. The van der Waals surface area contributed by atoms with Crippen molar-refractivity contribution >= 4 is 37.5 Å². The fourth-order valence-corrected chi connectivity index (χ4v) is 4.50. The average molecular weight is 475 g/mol. The summed E-state index contributed by atoms with van der Waals surface area (Å²) >= 11 is 3.41. The largest absolute Gasteiger partial charge is 0.468 e. The molecule has 4 rings (SSSR count). The van der Waals surface area contributed by atoms with Crippen molar-refractivity contribution in [3.8, 4) is 0 Å². The first-order chi connectivity index (χ1) is 13.9. The molecule has 1 aliphatic rings. The summed E-state index contributed by atoms with van der Waals surface area (Å²) in [5.41, 5.74) is 0.856. The van der Waals surface area contributed by atoms with E-state index in [1.807, 2.05) is 24.3 Å². The van der Waals surface area contributed by atoms with Crippen LogP contribution in [-0.2, 0) is 26.8 Å². The minimum absolute atomic E-state index is 0.0542. The van der Waals surface area contributed by atoms with Crippen molar-refractivity contribution in [3.63, 3.8) is 0 Å². The Morgan fingerprint density at radius 3 is 2.48 bits per heavy atom. The number of hydrogen-bond donors (Lipinski definition) is 2. The Bertz CT molecular complexity index is 1120. The normalized spacial score (nSPS) is 15.1. The molecule has 0 spiro atoms. The number of rotatable bonds is 7. The Hall–Kier alpha value is -2.42. The van der Waals surface area contributed by atoms with Gasteiger partial charge in [-0.2, -0.15) is 0 Å². The molecular formula is C21H19BrN2O4S. The zero-order chi connectivity index (χ0) is 20.5. The second kappa shape index (κ2) is 7.78. The molecule has 1 saturated carbocycles. The highest BCUT2D eigenvalue weighted by Gasteiger charge is 2.51. The minimum atomic E-state index is -3.74. The molecule has 0 saturated heterocycles. The summed E-state index contributed by atoms with van der Waals surface area (Å²) in [5, 5.41) is 2.88. The van der Waals surface area contributed by atoms with Crippen LogP contribution in [0, 0.1) is 0 Å². The molecular weight excluding hydrogens is 456 g/mol. The lowest BCUT2D eigenvalue weighted by molar-refractivity contribution is -0.118. The van der Waals surface area contributed by atoms with Crippen LogP contribution in [0.3, 0.4) is 0 Å². The van der Waals surface area contributed by atoms with Gasteiger partial charge in [0.25, 0.3) is 0 Å². The predicted molar refractivity (Wildman–Crippen MR) is 113 cm³/mol. The van der Waals surface area contributed by atoms with Crippen molar-refractivity contribution in [1.29, 1.82) is 0 Å². The third-order valence-corrected chi connectivity index (χ3v) is 6.93. The zero-order valence-electron chi connectivity index (χ0n) is 15.4. The molecule has 8 heteroatoms. The van der Waals surface area contributed by atoms with Gasteiger partial charge in [-0.3, -0.25) is 4.79 Å². The molecule has 6 nitrogen and oxygen atoms in total. The first-order valence-corrected chi connectivity index (χ1v) is 11.4. The standard InChI is InChI=1S/C21H19BrN2O4S/c22-16-8-6-15(7-9-16)21(10-11-21)20(25)24-17-3-1-5-19(13-17)29(26,27)23-14-18-4-2-12-28-18/h1-9,12-13,23H,10-11,14H2,(H,24,25). The Labute approximate surface area is 177 Å². The maximum absolute atomic E-state index is 12.9. The van der Waals surface area contributed by atoms with Gasteiger partial charge in [-0.05, 0) is 60.9 Å². The molecule has 1 amide bonds. The molecule has 1 aliphatic carbocycles. The number of carbonyl (C=O) groups excluding carboxylic acids is 1. The highest BCUT2D eigenvalue weighted by molar-refractivity contribution is 9.10. The number of nitrogens with one attached hydrogen (secondary N) is 2. The maximum atomic E-state index is 12.9. The first-order valence-electron chi connectivity index (χ1n) is 9.09. The second-order valence-electron chi connectivity index (χ2n) is 6.97. The van der Waals surface area contributed by atoms with Gasteiger partial charge in [0.2, 0.25) is 15.9 Å². The van der Waals surface area contributed by atoms with E-state index in [0.29, 0.717) is 11.4 Å². The van der Waals surface area contributed by atoms with E-state index >= 15 is 0 Å². The van der Waals surface area contributed by atoms with Crippen LogP contribution in [-0.4, -0.2) is 14.3 Å². The molecule has 0 unspecified atom stereocenters. The van der Waals surface area contributed by atoms with Crippen LogP contribution >= 0.6 is 15.9 Å². The van der Waals surface area contributed by atoms with Crippen molar-refractivity contribution in [2.45, 2.75) is 29.7 Å². The summed E-state index contributed by atoms with van der Waals surface area (Å²) in [7, 11) is -3.74. The molecule has 2 aromatic carbocycles. The van der Waals surface area contributed by atoms with Crippen LogP contribution in [0.2, 0.25) is 0 Å². The summed E-state index contributed by atoms with van der Waals surface area (Å²) in [6, 6.07) is 17.3. The molecule has 0 atom stereocenters. The fourth-order valence-electron chi connectivity index (χ4n) is 3.20. The number of carbonyl (C=O) groups is 1. The number of halogens is 1. The Balaban J connectivity index is 1.49. The monoisotopic (exact) mass is 474 g/mol. The molecule has 1 heterocycles. The van der Waals surface area contributed by atoms with Gasteiger partial charge in [0.1, 0.15) is 5.76 Å².